The second-order valence-electron chi connectivity index (χ2n) is 2.88. The number of nitrogens with one attached hydrogen (secondary N) is 2. The average molecular weight is 194 g/mol. The number of nitrogens with zero attached hydrogens (tertiary/aromatic N) is 2. The lowest BCUT2D eigenvalue weighted by atomic mass is 10.3. The van der Waals surface area contributed by atoms with Crippen molar-refractivity contribution < 1.29 is 4.79 Å². The van der Waals surface area contributed by atoms with Gasteiger partial charge in [0.2, 0.25) is 0 Å². The lowest BCUT2D eigenvalue weighted by molar-refractivity contribution is 0.0953. The van der Waals surface area contributed by atoms with Crippen molar-refractivity contribution in [2.24, 2.45) is 0 Å². The maximum absolute atomic E-state index is 11.4. The van der Waals surface area contributed by atoms with Crippen molar-refractivity contribution in [1.82, 2.24) is 20.6 Å². The average Bonchev–Trinajstić information content (AvgIpc) is 2.19. The Morgan fingerprint density at radius 1 is 1.36 bits per heavy atom. The number of aryl methyl sites for hydroxylation is 1. The summed E-state index contributed by atoms with van der Waals surface area (Å²) >= 11 is 0. The second-order valence-corrected chi connectivity index (χ2v) is 2.88. The molecule has 0 bridgehead atoms. The molecule has 5 nitrogen and oxygen atoms in total. The molecule has 0 unspecified atom stereocenters. The van der Waals surface area contributed by atoms with E-state index in [4.69, 9.17) is 0 Å². The molecule has 1 rings (SSSR count). The third kappa shape index (κ3) is 3.10. The van der Waals surface area contributed by atoms with Crippen LogP contribution in [-0.4, -0.2) is 36.0 Å². The first-order valence-corrected chi connectivity index (χ1v) is 4.45. The third-order valence-electron chi connectivity index (χ3n) is 1.70. The molecule has 0 aliphatic rings. The van der Waals surface area contributed by atoms with Crippen molar-refractivity contribution in [2.45, 2.75) is 6.92 Å². The topological polar surface area (TPSA) is 66.9 Å². The summed E-state index contributed by atoms with van der Waals surface area (Å²) in [6.45, 7) is 3.13. The van der Waals surface area contributed by atoms with Gasteiger partial charge in [-0.1, -0.05) is 0 Å². The molecule has 1 aromatic rings. The zero-order chi connectivity index (χ0) is 10.4. The van der Waals surface area contributed by atoms with Crippen molar-refractivity contribution in [1.29, 1.82) is 0 Å². The Balaban J connectivity index is 2.48. The predicted molar refractivity (Wildman–Crippen MR) is 53.0 cm³/mol. The molecule has 1 heterocycles. The molecule has 0 aliphatic carbocycles. The summed E-state index contributed by atoms with van der Waals surface area (Å²) in [5.74, 6) is 0.525. The van der Waals surface area contributed by atoms with Crippen molar-refractivity contribution in [2.75, 3.05) is 20.1 Å². The van der Waals surface area contributed by atoms with Crippen molar-refractivity contribution in [3.05, 3.63) is 23.8 Å². The van der Waals surface area contributed by atoms with Crippen LogP contribution in [0.5, 0.6) is 0 Å². The van der Waals surface area contributed by atoms with E-state index >= 15 is 0 Å². The van der Waals surface area contributed by atoms with Crippen LogP contribution in [0.2, 0.25) is 0 Å². The fourth-order valence-corrected chi connectivity index (χ4v) is 0.913. The SMILES string of the molecule is CNCCNC(=O)c1cnc(C)nc1. The molecule has 0 aromatic carbocycles. The predicted octanol–water partition coefficient (Wildman–Crippen LogP) is -0.266. The summed E-state index contributed by atoms with van der Waals surface area (Å²) < 4.78 is 0. The molecule has 0 fully saturated rings. The number of hydrogen-bond donors (Lipinski definition) is 2. The quantitative estimate of drug-likeness (QED) is 0.648. The fourth-order valence-electron chi connectivity index (χ4n) is 0.913. The normalized spacial score (nSPS) is 9.86. The van der Waals surface area contributed by atoms with E-state index in [0.717, 1.165) is 6.54 Å². The highest BCUT2D eigenvalue weighted by Gasteiger charge is 2.04. The van der Waals surface area contributed by atoms with Gasteiger partial charge in [-0.05, 0) is 14.0 Å². The first-order chi connectivity index (χ1) is 6.74. The Hall–Kier alpha value is -1.49. The van der Waals surface area contributed by atoms with Crippen LogP contribution in [0.1, 0.15) is 16.2 Å². The van der Waals surface area contributed by atoms with Gasteiger partial charge in [-0.3, -0.25) is 4.79 Å². The smallest absolute Gasteiger partial charge is 0.254 e. The highest BCUT2D eigenvalue weighted by molar-refractivity contribution is 5.93. The van der Waals surface area contributed by atoms with Gasteiger partial charge in [0.25, 0.3) is 5.91 Å². The molecule has 0 spiro atoms. The maximum Gasteiger partial charge on any atom is 0.254 e. The van der Waals surface area contributed by atoms with E-state index in [-0.39, 0.29) is 5.91 Å². The summed E-state index contributed by atoms with van der Waals surface area (Å²) in [7, 11) is 1.83. The van der Waals surface area contributed by atoms with Crippen LogP contribution in [0.15, 0.2) is 12.4 Å². The molecule has 0 atom stereocenters. The largest absolute Gasteiger partial charge is 0.351 e. The number of likely N-dealkylation sites (N-methyl/N-ethyl adjacent to an activating group) is 1. The summed E-state index contributed by atoms with van der Waals surface area (Å²) in [5.41, 5.74) is 0.492. The van der Waals surface area contributed by atoms with Gasteiger partial charge in [0.05, 0.1) is 5.56 Å². The fraction of sp³-hybridized carbons (Fsp3) is 0.444. The second kappa shape index (κ2) is 5.29. The zero-order valence-corrected chi connectivity index (χ0v) is 8.37. The number of aromatic nitrogens is 2. The van der Waals surface area contributed by atoms with E-state index < -0.39 is 0 Å². The standard InChI is InChI=1S/C9H14N4O/c1-7-12-5-8(6-13-7)9(14)11-4-3-10-2/h5-6,10H,3-4H2,1-2H3,(H,11,14). The molecular formula is C9H14N4O. The zero-order valence-electron chi connectivity index (χ0n) is 8.37. The maximum atomic E-state index is 11.4. The first-order valence-electron chi connectivity index (χ1n) is 4.45. The lowest BCUT2D eigenvalue weighted by Gasteiger charge is -2.03. The Morgan fingerprint density at radius 2 is 2.00 bits per heavy atom. The highest BCUT2D eigenvalue weighted by atomic mass is 16.1. The Labute approximate surface area is 83.0 Å². The van der Waals surface area contributed by atoms with Gasteiger partial charge >= 0.3 is 0 Å². The van der Waals surface area contributed by atoms with E-state index in [1.807, 2.05) is 7.05 Å². The van der Waals surface area contributed by atoms with Gasteiger partial charge in [0.15, 0.2) is 0 Å². The monoisotopic (exact) mass is 194 g/mol. The van der Waals surface area contributed by atoms with Crippen molar-refractivity contribution in [3.63, 3.8) is 0 Å². The first kappa shape index (κ1) is 10.6. The van der Waals surface area contributed by atoms with E-state index in [2.05, 4.69) is 20.6 Å². The minimum absolute atomic E-state index is 0.139. The third-order valence-corrected chi connectivity index (χ3v) is 1.70. The van der Waals surface area contributed by atoms with Gasteiger partial charge in [0, 0.05) is 25.5 Å². The van der Waals surface area contributed by atoms with Crippen molar-refractivity contribution in [3.8, 4) is 0 Å². The molecule has 0 radical (unpaired) electrons. The number of carbonyl (C=O) groups is 1. The van der Waals surface area contributed by atoms with Gasteiger partial charge in [-0.25, -0.2) is 9.97 Å². The van der Waals surface area contributed by atoms with Crippen molar-refractivity contribution >= 4 is 5.91 Å². The lowest BCUT2D eigenvalue weighted by Crippen LogP contribution is -2.30. The van der Waals surface area contributed by atoms with Crippen LogP contribution < -0.4 is 10.6 Å². The molecule has 0 aliphatic heterocycles. The van der Waals surface area contributed by atoms with Gasteiger partial charge in [-0.15, -0.1) is 0 Å². The van der Waals surface area contributed by atoms with Crippen LogP contribution in [0.3, 0.4) is 0 Å². The molecule has 1 amide bonds. The summed E-state index contributed by atoms with van der Waals surface area (Å²) in [6.07, 6.45) is 3.05. The van der Waals surface area contributed by atoms with Crippen LogP contribution in [0.25, 0.3) is 0 Å². The molecular weight excluding hydrogens is 180 g/mol. The molecule has 76 valence electrons. The van der Waals surface area contributed by atoms with E-state index in [1.165, 1.54) is 12.4 Å². The van der Waals surface area contributed by atoms with Crippen LogP contribution in [0, 0.1) is 6.92 Å². The number of hydrogen-bond acceptors (Lipinski definition) is 4. The highest BCUT2D eigenvalue weighted by Crippen LogP contribution is 1.94. The van der Waals surface area contributed by atoms with Gasteiger partial charge in [0.1, 0.15) is 5.82 Å². The number of carbonyl (C=O) groups excluding carboxylic acids is 1. The van der Waals surface area contributed by atoms with Crippen LogP contribution in [-0.2, 0) is 0 Å². The van der Waals surface area contributed by atoms with E-state index in [1.54, 1.807) is 6.92 Å². The Kier molecular flexibility index (Phi) is 4.00. The molecule has 5 heteroatoms. The van der Waals surface area contributed by atoms with Crippen LogP contribution in [0.4, 0.5) is 0 Å². The minimum atomic E-state index is -0.139. The number of rotatable bonds is 4. The Bertz CT molecular complexity index is 296. The van der Waals surface area contributed by atoms with Crippen LogP contribution >= 0.6 is 0 Å². The van der Waals surface area contributed by atoms with Gasteiger partial charge in [-0.2, -0.15) is 0 Å². The Morgan fingerprint density at radius 3 is 2.57 bits per heavy atom. The number of amides is 1. The van der Waals surface area contributed by atoms with E-state index in [9.17, 15) is 4.79 Å². The summed E-state index contributed by atoms with van der Waals surface area (Å²) in [4.78, 5) is 19.3. The molecule has 1 aromatic heterocycles. The summed E-state index contributed by atoms with van der Waals surface area (Å²) in [5, 5.41) is 5.68. The molecule has 0 saturated carbocycles. The van der Waals surface area contributed by atoms with E-state index in [0.29, 0.717) is 17.9 Å². The summed E-state index contributed by atoms with van der Waals surface area (Å²) in [6, 6.07) is 0. The minimum Gasteiger partial charge on any atom is -0.351 e. The molecule has 2 N–H and O–H groups in total. The van der Waals surface area contributed by atoms with Gasteiger partial charge < -0.3 is 10.6 Å². The molecule has 14 heavy (non-hydrogen) atoms. The molecule has 0 saturated heterocycles.